The number of aliphatic hydroxyl groups is 12. The molecule has 4 saturated carbocycles. The molecular formula is C48H76O21. The van der Waals surface area contributed by atoms with Gasteiger partial charge in [0.25, 0.3) is 0 Å². The predicted molar refractivity (Wildman–Crippen MR) is 233 cm³/mol. The van der Waals surface area contributed by atoms with Crippen molar-refractivity contribution in [2.24, 2.45) is 56.2 Å². The molecular weight excluding hydrogens is 913 g/mol. The van der Waals surface area contributed by atoms with Gasteiger partial charge in [0.2, 0.25) is 6.29 Å². The number of fused-ring (bicyclic) bond motifs is 7. The third-order valence-corrected chi connectivity index (χ3v) is 19.7. The van der Waals surface area contributed by atoms with Gasteiger partial charge in [-0.1, -0.05) is 53.2 Å². The maximum absolute atomic E-state index is 13.0. The Hall–Kier alpha value is -1.84. The number of carbonyl (C=O) groups is 2. The summed E-state index contributed by atoms with van der Waals surface area (Å²) in [4.78, 5) is 36.7. The number of ether oxygens (including phenoxy) is 4. The number of rotatable bonds is 11. The molecule has 21 heteroatoms. The number of carboxylic acids is 1. The summed E-state index contributed by atoms with van der Waals surface area (Å²) in [6.07, 6.45) is -22.8. The first-order chi connectivity index (χ1) is 32.2. The van der Waals surface area contributed by atoms with Gasteiger partial charge < -0.3 is 90.1 Å². The standard InChI is InChI=1S/C48H76O21/c1-43(2)11-12-48(19-52)21(13-43)20-7-8-26-44(3)14-22(53)28(45(4,18-51)25(44)9-10-46(26,5)47(20,6)15-27(48)54)36-37(32(58)30(56)23(16-49)64-36)68-69-42-39(34(60)33(59)38(66-42)40(62)63)67-41-35(61)31(57)29(55)24(17-50)65-41/h7,19,21-39,41-42,49-51,53-61H,8-18H2,1-6H3,(H,62,63)/t21-,22+,23+,24+,25+,26+,27?,28+,29-,30-,31-,32-,33-,34-,35+,36-,37+,38-,39+,41-,42-,44-,45-,46+,47+,48+/m0/s1. The number of aliphatic carboxylic acids is 1. The lowest BCUT2D eigenvalue weighted by atomic mass is 9.32. The fourth-order valence-electron chi connectivity index (χ4n) is 15.6. The Morgan fingerprint density at radius 2 is 1.35 bits per heavy atom. The largest absolute Gasteiger partial charge is 0.479 e. The van der Waals surface area contributed by atoms with Gasteiger partial charge in [0.05, 0.1) is 36.9 Å². The maximum atomic E-state index is 13.0. The molecule has 8 rings (SSSR count). The van der Waals surface area contributed by atoms with Crippen LogP contribution in [0.4, 0.5) is 0 Å². The Bertz CT molecular complexity index is 1920. The number of carbonyl (C=O) groups excluding carboxylic acids is 1. The van der Waals surface area contributed by atoms with Gasteiger partial charge in [-0.25, -0.2) is 14.6 Å². The van der Waals surface area contributed by atoms with Gasteiger partial charge in [0, 0.05) is 17.9 Å². The molecule has 0 aromatic rings. The molecule has 1 unspecified atom stereocenters. The van der Waals surface area contributed by atoms with Crippen molar-refractivity contribution < 1.29 is 105 Å². The summed E-state index contributed by atoms with van der Waals surface area (Å²) in [7, 11) is 0. The minimum atomic E-state index is -2.20. The Labute approximate surface area is 400 Å². The highest BCUT2D eigenvalue weighted by Gasteiger charge is 2.72. The quantitative estimate of drug-likeness (QED) is 0.0462. The van der Waals surface area contributed by atoms with Crippen molar-refractivity contribution in [2.75, 3.05) is 19.8 Å². The Morgan fingerprint density at radius 3 is 1.97 bits per heavy atom. The predicted octanol–water partition coefficient (Wildman–Crippen LogP) is -1.97. The monoisotopic (exact) mass is 988 g/mol. The first-order valence-electron chi connectivity index (χ1n) is 24.5. The van der Waals surface area contributed by atoms with Crippen LogP contribution in [0.3, 0.4) is 0 Å². The number of hydrogen-bond acceptors (Lipinski definition) is 20. The minimum Gasteiger partial charge on any atom is -0.479 e. The lowest BCUT2D eigenvalue weighted by Crippen LogP contribution is -2.71. The molecule has 21 nitrogen and oxygen atoms in total. The third-order valence-electron chi connectivity index (χ3n) is 19.7. The van der Waals surface area contributed by atoms with E-state index >= 15 is 0 Å². The van der Waals surface area contributed by atoms with Crippen LogP contribution in [0.5, 0.6) is 0 Å². The van der Waals surface area contributed by atoms with Gasteiger partial charge in [0.1, 0.15) is 73.4 Å². The van der Waals surface area contributed by atoms with Crippen molar-refractivity contribution in [1.29, 1.82) is 0 Å². The van der Waals surface area contributed by atoms with E-state index in [0.717, 1.165) is 19.1 Å². The molecule has 3 aliphatic heterocycles. The van der Waals surface area contributed by atoms with Gasteiger partial charge >= 0.3 is 5.97 Å². The van der Waals surface area contributed by atoms with Crippen molar-refractivity contribution >= 4 is 12.3 Å². The zero-order chi connectivity index (χ0) is 50.7. The van der Waals surface area contributed by atoms with E-state index in [0.29, 0.717) is 32.1 Å². The molecule has 0 amide bonds. The van der Waals surface area contributed by atoms with E-state index in [9.17, 15) is 76.0 Å². The smallest absolute Gasteiger partial charge is 0.335 e. The average molecular weight is 989 g/mol. The second-order valence-corrected chi connectivity index (χ2v) is 23.6. The molecule has 0 spiro atoms. The van der Waals surface area contributed by atoms with Crippen molar-refractivity contribution in [3.63, 3.8) is 0 Å². The zero-order valence-electron chi connectivity index (χ0n) is 40.1. The molecule has 0 aromatic heterocycles. The van der Waals surface area contributed by atoms with Gasteiger partial charge in [-0.05, 0) is 90.8 Å². The highest BCUT2D eigenvalue weighted by atomic mass is 17.2. The van der Waals surface area contributed by atoms with Crippen LogP contribution < -0.4 is 0 Å². The Morgan fingerprint density at radius 1 is 0.710 bits per heavy atom. The second-order valence-electron chi connectivity index (χ2n) is 23.6. The molecule has 13 N–H and O–H groups in total. The maximum Gasteiger partial charge on any atom is 0.335 e. The van der Waals surface area contributed by atoms with Crippen LogP contribution in [0.2, 0.25) is 0 Å². The number of allylic oxidation sites excluding steroid dienone is 2. The van der Waals surface area contributed by atoms with Crippen LogP contribution in [-0.2, 0) is 38.3 Å². The van der Waals surface area contributed by atoms with Crippen LogP contribution in [0.25, 0.3) is 0 Å². The Kier molecular flexibility index (Phi) is 14.6. The van der Waals surface area contributed by atoms with Gasteiger partial charge in [-0.2, -0.15) is 0 Å². The van der Waals surface area contributed by atoms with Crippen LogP contribution in [-0.4, -0.2) is 203 Å². The fourth-order valence-corrected chi connectivity index (χ4v) is 15.6. The zero-order valence-corrected chi connectivity index (χ0v) is 40.1. The van der Waals surface area contributed by atoms with Crippen molar-refractivity contribution in [2.45, 2.75) is 197 Å². The van der Waals surface area contributed by atoms with E-state index in [1.54, 1.807) is 6.92 Å². The van der Waals surface area contributed by atoms with Crippen LogP contribution in [0.1, 0.15) is 92.9 Å². The summed E-state index contributed by atoms with van der Waals surface area (Å²) in [5.74, 6) is -3.42. The highest BCUT2D eigenvalue weighted by molar-refractivity contribution is 5.73. The average Bonchev–Trinajstić information content (AvgIpc) is 3.29. The van der Waals surface area contributed by atoms with E-state index in [4.69, 9.17) is 28.7 Å². The molecule has 3 heterocycles. The van der Waals surface area contributed by atoms with Gasteiger partial charge in [-0.15, -0.1) is 0 Å². The fraction of sp³-hybridized carbons (Fsp3) is 0.917. The van der Waals surface area contributed by atoms with Gasteiger partial charge in [0.15, 0.2) is 12.4 Å². The van der Waals surface area contributed by atoms with Gasteiger partial charge in [-0.3, -0.25) is 0 Å². The van der Waals surface area contributed by atoms with Crippen molar-refractivity contribution in [3.05, 3.63) is 11.6 Å². The lowest BCUT2D eigenvalue weighted by Gasteiger charge is -2.72. The first-order valence-corrected chi connectivity index (χ1v) is 24.5. The van der Waals surface area contributed by atoms with E-state index in [2.05, 4.69) is 40.7 Å². The molecule has 3 saturated heterocycles. The summed E-state index contributed by atoms with van der Waals surface area (Å²) in [6, 6.07) is 0. The molecule has 0 aromatic carbocycles. The molecule has 0 radical (unpaired) electrons. The molecule has 0 bridgehead atoms. The summed E-state index contributed by atoms with van der Waals surface area (Å²) in [5, 5.41) is 143. The van der Waals surface area contributed by atoms with Crippen molar-refractivity contribution in [1.82, 2.24) is 0 Å². The molecule has 7 fully saturated rings. The number of aldehydes is 1. The SMILES string of the molecule is CC1(C)CC[C@]2(C=O)C(O)C[C@]3(C)C(=CC[C@@H]4[C@@]5(C)C[C@@H](O)[C@H]([C@@H]6O[C@H](CO)[C@H](O)[C@H](O)[C@H]6OO[C@@H]6O[C@H](C(=O)O)[C@@H](O)[C@H](O)[C@H]6O[C@@H]6O[C@H](CO)[C@H](O)[C@H](O)[C@H]6O)[C@@](C)(CO)[C@@H]5CC[C@]43C)[C@@H]2C1. The highest BCUT2D eigenvalue weighted by Crippen LogP contribution is 2.76. The molecule has 5 aliphatic carbocycles. The molecule has 394 valence electrons. The van der Waals surface area contributed by atoms with Crippen LogP contribution >= 0.6 is 0 Å². The van der Waals surface area contributed by atoms with E-state index in [-0.39, 0.29) is 29.6 Å². The first kappa shape index (κ1) is 53.5. The topological polar surface area (TPSA) is 353 Å². The number of aliphatic hydroxyl groups excluding tert-OH is 12. The van der Waals surface area contributed by atoms with Crippen molar-refractivity contribution in [3.8, 4) is 0 Å². The lowest BCUT2D eigenvalue weighted by molar-refractivity contribution is -0.471. The normalized spacial score (nSPS) is 55.0. The molecule has 69 heavy (non-hydrogen) atoms. The van der Waals surface area contributed by atoms with Crippen LogP contribution in [0, 0.1) is 56.2 Å². The summed E-state index contributed by atoms with van der Waals surface area (Å²) in [6.45, 7) is 10.7. The number of hydrogen-bond donors (Lipinski definition) is 13. The van der Waals surface area contributed by atoms with E-state index < -0.39 is 163 Å². The van der Waals surface area contributed by atoms with Crippen LogP contribution in [0.15, 0.2) is 11.6 Å². The summed E-state index contributed by atoms with van der Waals surface area (Å²) in [5.41, 5.74) is -2.53. The number of carboxylic acid groups (broad SMARTS) is 1. The minimum absolute atomic E-state index is 0.0348. The Balaban J connectivity index is 1.11. The third kappa shape index (κ3) is 8.12. The molecule has 8 aliphatic rings. The van der Waals surface area contributed by atoms with E-state index in [1.165, 1.54) is 5.57 Å². The summed E-state index contributed by atoms with van der Waals surface area (Å²) >= 11 is 0. The summed E-state index contributed by atoms with van der Waals surface area (Å²) < 4.78 is 22.9. The van der Waals surface area contributed by atoms with E-state index in [1.807, 2.05) is 0 Å². The molecule has 26 atom stereocenters. The second kappa shape index (κ2) is 18.8.